The number of hydrogen-bond donors (Lipinski definition) is 1. The fourth-order valence-electron chi connectivity index (χ4n) is 2.67. The Morgan fingerprint density at radius 3 is 2.52 bits per heavy atom. The number of ether oxygens (including phenoxy) is 1. The van der Waals surface area contributed by atoms with Gasteiger partial charge < -0.3 is 10.1 Å². The first-order valence-electron chi connectivity index (χ1n) is 8.74. The first-order chi connectivity index (χ1) is 13.9. The standard InChI is InChI=1S/C21H17ClN4O3/c1-13-18(19(22)26(25-13)16-9-4-3-5-10-16)21(28)29-14(2)20(27)24-17-11-7-6-8-15(17)12-23/h3-11,14H,1-2H3,(H,24,27)/t14-/m0/s1. The maximum Gasteiger partial charge on any atom is 0.344 e. The molecule has 0 fully saturated rings. The maximum atomic E-state index is 12.6. The number of hydrogen-bond acceptors (Lipinski definition) is 5. The molecular weight excluding hydrogens is 392 g/mol. The highest BCUT2D eigenvalue weighted by Crippen LogP contribution is 2.25. The highest BCUT2D eigenvalue weighted by molar-refractivity contribution is 6.33. The number of carbonyl (C=O) groups excluding carboxylic acids is 2. The van der Waals surface area contributed by atoms with Crippen LogP contribution < -0.4 is 5.32 Å². The zero-order valence-electron chi connectivity index (χ0n) is 15.7. The van der Waals surface area contributed by atoms with Gasteiger partial charge in [0.05, 0.1) is 22.6 Å². The van der Waals surface area contributed by atoms with E-state index in [2.05, 4.69) is 10.4 Å². The Bertz CT molecular complexity index is 1100. The summed E-state index contributed by atoms with van der Waals surface area (Å²) < 4.78 is 6.72. The lowest BCUT2D eigenvalue weighted by atomic mass is 10.2. The lowest BCUT2D eigenvalue weighted by Gasteiger charge is -2.14. The van der Waals surface area contributed by atoms with Gasteiger partial charge in [-0.2, -0.15) is 10.4 Å². The molecule has 1 atom stereocenters. The van der Waals surface area contributed by atoms with E-state index in [-0.39, 0.29) is 10.7 Å². The summed E-state index contributed by atoms with van der Waals surface area (Å²) in [4.78, 5) is 25.0. The maximum absolute atomic E-state index is 12.6. The van der Waals surface area contributed by atoms with Crippen molar-refractivity contribution in [3.63, 3.8) is 0 Å². The summed E-state index contributed by atoms with van der Waals surface area (Å²) in [6.07, 6.45) is -1.11. The van der Waals surface area contributed by atoms with Gasteiger partial charge in [0.2, 0.25) is 0 Å². The minimum Gasteiger partial charge on any atom is -0.449 e. The Balaban J connectivity index is 1.76. The van der Waals surface area contributed by atoms with E-state index in [4.69, 9.17) is 21.6 Å². The van der Waals surface area contributed by atoms with Crippen LogP contribution in [0.15, 0.2) is 54.6 Å². The number of amides is 1. The number of carbonyl (C=O) groups is 2. The SMILES string of the molecule is Cc1nn(-c2ccccc2)c(Cl)c1C(=O)O[C@@H](C)C(=O)Nc1ccccc1C#N. The largest absolute Gasteiger partial charge is 0.449 e. The van der Waals surface area contributed by atoms with Crippen molar-refractivity contribution in [3.8, 4) is 11.8 Å². The number of nitrogens with zero attached hydrogens (tertiary/aromatic N) is 3. The molecule has 2 aromatic carbocycles. The third kappa shape index (κ3) is 4.28. The monoisotopic (exact) mass is 408 g/mol. The number of benzene rings is 2. The molecule has 0 unspecified atom stereocenters. The van der Waals surface area contributed by atoms with Gasteiger partial charge in [0.1, 0.15) is 16.8 Å². The minimum atomic E-state index is -1.11. The zero-order chi connectivity index (χ0) is 21.0. The van der Waals surface area contributed by atoms with E-state index in [1.54, 1.807) is 43.3 Å². The number of anilines is 1. The third-order valence-corrected chi connectivity index (χ3v) is 4.52. The molecule has 1 N–H and O–H groups in total. The Morgan fingerprint density at radius 2 is 1.83 bits per heavy atom. The second kappa shape index (κ2) is 8.59. The number of nitriles is 1. The molecule has 0 radical (unpaired) electrons. The number of aryl methyl sites for hydroxylation is 1. The van der Waals surface area contributed by atoms with Crippen LogP contribution in [0.5, 0.6) is 0 Å². The molecule has 1 aromatic heterocycles. The molecule has 8 heteroatoms. The van der Waals surface area contributed by atoms with Crippen molar-refractivity contribution in [1.29, 1.82) is 5.26 Å². The Labute approximate surface area is 172 Å². The van der Waals surface area contributed by atoms with Crippen LogP contribution in [0.2, 0.25) is 5.15 Å². The number of nitrogens with one attached hydrogen (secondary N) is 1. The topological polar surface area (TPSA) is 97.0 Å². The molecule has 7 nitrogen and oxygen atoms in total. The summed E-state index contributed by atoms with van der Waals surface area (Å²) in [5.74, 6) is -1.32. The normalized spacial score (nSPS) is 11.4. The molecule has 0 saturated carbocycles. The van der Waals surface area contributed by atoms with E-state index < -0.39 is 18.0 Å². The minimum absolute atomic E-state index is 0.0904. The van der Waals surface area contributed by atoms with Crippen LogP contribution in [0.4, 0.5) is 5.69 Å². The summed E-state index contributed by atoms with van der Waals surface area (Å²) in [5.41, 5.74) is 1.81. The van der Waals surface area contributed by atoms with Crippen LogP contribution in [0.25, 0.3) is 5.69 Å². The quantitative estimate of drug-likeness (QED) is 0.646. The summed E-state index contributed by atoms with van der Waals surface area (Å²) >= 11 is 6.35. The molecule has 0 aliphatic heterocycles. The predicted octanol–water partition coefficient (Wildman–Crippen LogP) is 3.89. The van der Waals surface area contributed by atoms with Crippen molar-refractivity contribution in [2.45, 2.75) is 20.0 Å². The van der Waals surface area contributed by atoms with E-state index in [0.717, 1.165) is 0 Å². The second-order valence-corrected chi connectivity index (χ2v) is 6.55. The first-order valence-corrected chi connectivity index (χ1v) is 9.11. The first kappa shape index (κ1) is 20.1. The average Bonchev–Trinajstić information content (AvgIpc) is 3.03. The Hall–Kier alpha value is -3.63. The van der Waals surface area contributed by atoms with E-state index >= 15 is 0 Å². The van der Waals surface area contributed by atoms with Crippen LogP contribution in [0, 0.1) is 18.3 Å². The van der Waals surface area contributed by atoms with Crippen molar-refractivity contribution in [3.05, 3.63) is 76.6 Å². The number of esters is 1. The summed E-state index contributed by atoms with van der Waals surface area (Å²) in [5, 5.41) is 16.1. The molecule has 0 saturated heterocycles. The Kier molecular flexibility index (Phi) is 5.96. The number of para-hydroxylation sites is 2. The van der Waals surface area contributed by atoms with Crippen LogP contribution in [0.1, 0.15) is 28.5 Å². The van der Waals surface area contributed by atoms with E-state index in [0.29, 0.717) is 22.6 Å². The van der Waals surface area contributed by atoms with Gasteiger partial charge in [-0.25, -0.2) is 9.48 Å². The molecule has 0 aliphatic carbocycles. The lowest BCUT2D eigenvalue weighted by molar-refractivity contribution is -0.123. The second-order valence-electron chi connectivity index (χ2n) is 6.19. The highest BCUT2D eigenvalue weighted by Gasteiger charge is 2.26. The van der Waals surface area contributed by atoms with Gasteiger partial charge in [-0.1, -0.05) is 41.9 Å². The van der Waals surface area contributed by atoms with Crippen LogP contribution >= 0.6 is 11.6 Å². The van der Waals surface area contributed by atoms with Crippen LogP contribution in [0.3, 0.4) is 0 Å². The van der Waals surface area contributed by atoms with Crippen molar-refractivity contribution in [1.82, 2.24) is 9.78 Å². The van der Waals surface area contributed by atoms with E-state index in [1.165, 1.54) is 11.6 Å². The smallest absolute Gasteiger partial charge is 0.344 e. The number of halogens is 1. The van der Waals surface area contributed by atoms with Crippen molar-refractivity contribution < 1.29 is 14.3 Å². The molecule has 1 heterocycles. The van der Waals surface area contributed by atoms with Gasteiger partial charge in [-0.05, 0) is 38.1 Å². The molecule has 146 valence electrons. The van der Waals surface area contributed by atoms with Gasteiger partial charge in [0, 0.05) is 0 Å². The zero-order valence-corrected chi connectivity index (χ0v) is 16.5. The van der Waals surface area contributed by atoms with Gasteiger partial charge in [0.25, 0.3) is 5.91 Å². The van der Waals surface area contributed by atoms with Crippen molar-refractivity contribution in [2.24, 2.45) is 0 Å². The fraction of sp³-hybridized carbons (Fsp3) is 0.143. The summed E-state index contributed by atoms with van der Waals surface area (Å²) in [6.45, 7) is 3.07. The summed E-state index contributed by atoms with van der Waals surface area (Å²) in [6, 6.07) is 17.6. The fourth-order valence-corrected chi connectivity index (χ4v) is 3.02. The van der Waals surface area contributed by atoms with Gasteiger partial charge in [-0.3, -0.25) is 4.79 Å². The van der Waals surface area contributed by atoms with E-state index in [9.17, 15) is 9.59 Å². The molecule has 3 aromatic rings. The van der Waals surface area contributed by atoms with Crippen molar-refractivity contribution in [2.75, 3.05) is 5.32 Å². The van der Waals surface area contributed by atoms with Gasteiger partial charge >= 0.3 is 5.97 Å². The molecular formula is C21H17ClN4O3. The highest BCUT2D eigenvalue weighted by atomic mass is 35.5. The lowest BCUT2D eigenvalue weighted by Crippen LogP contribution is -2.30. The molecule has 29 heavy (non-hydrogen) atoms. The van der Waals surface area contributed by atoms with Crippen LogP contribution in [-0.4, -0.2) is 27.8 Å². The molecule has 1 amide bonds. The van der Waals surface area contributed by atoms with Crippen molar-refractivity contribution >= 4 is 29.2 Å². The number of rotatable bonds is 5. The van der Waals surface area contributed by atoms with Crippen LogP contribution in [-0.2, 0) is 9.53 Å². The molecule has 0 bridgehead atoms. The predicted molar refractivity (Wildman–Crippen MR) is 108 cm³/mol. The third-order valence-electron chi connectivity index (χ3n) is 4.17. The molecule has 0 spiro atoms. The van der Waals surface area contributed by atoms with Gasteiger partial charge in [0.15, 0.2) is 6.10 Å². The molecule has 3 rings (SSSR count). The van der Waals surface area contributed by atoms with E-state index in [1.807, 2.05) is 24.3 Å². The average molecular weight is 409 g/mol. The summed E-state index contributed by atoms with van der Waals surface area (Å²) in [7, 11) is 0. The van der Waals surface area contributed by atoms with Gasteiger partial charge in [-0.15, -0.1) is 0 Å². The Morgan fingerprint density at radius 1 is 1.17 bits per heavy atom. The molecule has 0 aliphatic rings. The number of aromatic nitrogens is 2.